The molecule has 1 aromatic rings. The number of nitrogens with one attached hydrogen (secondary N) is 1. The van der Waals surface area contributed by atoms with Crippen LogP contribution in [0.2, 0.25) is 0 Å². The monoisotopic (exact) mass is 300 g/mol. The molecule has 20 heavy (non-hydrogen) atoms. The van der Waals surface area contributed by atoms with Gasteiger partial charge in [-0.3, -0.25) is 5.32 Å². The highest BCUT2D eigenvalue weighted by Crippen LogP contribution is 2.12. The molecule has 114 valence electrons. The smallest absolute Gasteiger partial charge is 0.411 e. The maximum Gasteiger partial charge on any atom is 0.411 e. The predicted molar refractivity (Wildman–Crippen MR) is 86.4 cm³/mol. The van der Waals surface area contributed by atoms with Gasteiger partial charge in [-0.15, -0.1) is 12.4 Å². The van der Waals surface area contributed by atoms with Gasteiger partial charge in [0.15, 0.2) is 0 Å². The van der Waals surface area contributed by atoms with Gasteiger partial charge in [-0.2, -0.15) is 0 Å². The van der Waals surface area contributed by atoms with Gasteiger partial charge in [-0.05, 0) is 44.0 Å². The number of unbranched alkanes of at least 4 members (excludes halogenated alkanes) is 3. The highest BCUT2D eigenvalue weighted by molar-refractivity contribution is 5.85. The van der Waals surface area contributed by atoms with Crippen LogP contribution < -0.4 is 11.1 Å². The molecule has 0 aliphatic carbocycles. The summed E-state index contributed by atoms with van der Waals surface area (Å²) in [6.07, 6.45) is 5.21. The summed E-state index contributed by atoms with van der Waals surface area (Å²) in [7, 11) is 0. The van der Waals surface area contributed by atoms with E-state index in [1.54, 1.807) is 24.3 Å². The standard InChI is InChI=1S/C15H24N2O2.ClH/c1-3-4-5-6-7-12(2)19-15(18)17-14-10-8-13(16)9-11-14;/h8-12H,3-7,16H2,1-2H3,(H,17,18);1H. The second-order valence-corrected chi connectivity index (χ2v) is 4.81. The van der Waals surface area contributed by atoms with E-state index in [2.05, 4.69) is 12.2 Å². The van der Waals surface area contributed by atoms with Gasteiger partial charge in [-0.25, -0.2) is 4.79 Å². The van der Waals surface area contributed by atoms with Crippen LogP contribution in [-0.4, -0.2) is 12.2 Å². The number of halogens is 1. The topological polar surface area (TPSA) is 64.3 Å². The maximum absolute atomic E-state index is 11.6. The Balaban J connectivity index is 0.00000361. The molecule has 0 aliphatic heterocycles. The van der Waals surface area contributed by atoms with Crippen LogP contribution in [0, 0.1) is 0 Å². The first kappa shape index (κ1) is 18.6. The van der Waals surface area contributed by atoms with E-state index in [-0.39, 0.29) is 18.5 Å². The van der Waals surface area contributed by atoms with E-state index in [1.807, 2.05) is 6.92 Å². The van der Waals surface area contributed by atoms with Crippen LogP contribution >= 0.6 is 12.4 Å². The molecule has 0 bridgehead atoms. The molecule has 0 radical (unpaired) electrons. The largest absolute Gasteiger partial charge is 0.446 e. The van der Waals surface area contributed by atoms with Crippen molar-refractivity contribution in [1.29, 1.82) is 0 Å². The van der Waals surface area contributed by atoms with Crippen molar-refractivity contribution in [3.63, 3.8) is 0 Å². The summed E-state index contributed by atoms with van der Waals surface area (Å²) < 4.78 is 5.28. The molecule has 1 atom stereocenters. The normalized spacial score (nSPS) is 11.3. The van der Waals surface area contributed by atoms with E-state index in [9.17, 15) is 4.79 Å². The molecule has 0 heterocycles. The lowest BCUT2D eigenvalue weighted by Crippen LogP contribution is -2.20. The third-order valence-electron chi connectivity index (χ3n) is 2.93. The summed E-state index contributed by atoms with van der Waals surface area (Å²) in [5.41, 5.74) is 6.94. The van der Waals surface area contributed by atoms with Crippen molar-refractivity contribution in [2.45, 2.75) is 52.1 Å². The Morgan fingerprint density at radius 3 is 2.50 bits per heavy atom. The van der Waals surface area contributed by atoms with Crippen molar-refractivity contribution in [1.82, 2.24) is 0 Å². The van der Waals surface area contributed by atoms with Gasteiger partial charge < -0.3 is 10.5 Å². The molecule has 1 rings (SSSR count). The summed E-state index contributed by atoms with van der Waals surface area (Å²) >= 11 is 0. The molecule has 0 aromatic heterocycles. The van der Waals surface area contributed by atoms with Crippen LogP contribution in [-0.2, 0) is 4.74 Å². The van der Waals surface area contributed by atoms with E-state index in [1.165, 1.54) is 19.3 Å². The van der Waals surface area contributed by atoms with E-state index < -0.39 is 6.09 Å². The molecular formula is C15H25ClN2O2. The number of carbonyl (C=O) groups excluding carboxylic acids is 1. The minimum atomic E-state index is -0.409. The number of nitrogen functional groups attached to an aromatic ring is 1. The van der Waals surface area contributed by atoms with Crippen molar-refractivity contribution < 1.29 is 9.53 Å². The van der Waals surface area contributed by atoms with Gasteiger partial charge in [0.25, 0.3) is 0 Å². The average Bonchev–Trinajstić information content (AvgIpc) is 2.37. The van der Waals surface area contributed by atoms with Gasteiger partial charge in [0, 0.05) is 11.4 Å². The zero-order valence-electron chi connectivity index (χ0n) is 12.2. The molecule has 0 spiro atoms. The highest BCUT2D eigenvalue weighted by Gasteiger charge is 2.09. The lowest BCUT2D eigenvalue weighted by molar-refractivity contribution is 0.114. The Bertz CT molecular complexity index is 382. The molecular weight excluding hydrogens is 276 g/mol. The third kappa shape index (κ3) is 7.89. The molecule has 1 unspecified atom stereocenters. The first-order valence-electron chi connectivity index (χ1n) is 6.95. The Morgan fingerprint density at radius 2 is 1.90 bits per heavy atom. The van der Waals surface area contributed by atoms with Crippen molar-refractivity contribution in [2.75, 3.05) is 11.1 Å². The summed E-state index contributed by atoms with van der Waals surface area (Å²) in [4.78, 5) is 11.6. The Morgan fingerprint density at radius 1 is 1.25 bits per heavy atom. The maximum atomic E-state index is 11.6. The van der Waals surface area contributed by atoms with Crippen molar-refractivity contribution in [3.8, 4) is 0 Å². The number of ether oxygens (including phenoxy) is 1. The van der Waals surface area contributed by atoms with Gasteiger partial charge in [0.2, 0.25) is 0 Å². The van der Waals surface area contributed by atoms with Crippen LogP contribution in [0.15, 0.2) is 24.3 Å². The zero-order chi connectivity index (χ0) is 14.1. The van der Waals surface area contributed by atoms with E-state index in [0.717, 1.165) is 12.8 Å². The first-order chi connectivity index (χ1) is 9.11. The molecule has 1 aromatic carbocycles. The molecule has 4 nitrogen and oxygen atoms in total. The number of carbonyl (C=O) groups is 1. The summed E-state index contributed by atoms with van der Waals surface area (Å²) in [6.45, 7) is 4.11. The summed E-state index contributed by atoms with van der Waals surface area (Å²) in [5.74, 6) is 0. The second-order valence-electron chi connectivity index (χ2n) is 4.81. The van der Waals surface area contributed by atoms with E-state index in [4.69, 9.17) is 10.5 Å². The third-order valence-corrected chi connectivity index (χ3v) is 2.93. The van der Waals surface area contributed by atoms with Crippen LogP contribution in [0.1, 0.15) is 46.0 Å². The van der Waals surface area contributed by atoms with E-state index >= 15 is 0 Å². The molecule has 0 saturated heterocycles. The quantitative estimate of drug-likeness (QED) is 0.571. The van der Waals surface area contributed by atoms with E-state index in [0.29, 0.717) is 11.4 Å². The highest BCUT2D eigenvalue weighted by atomic mass is 35.5. The summed E-state index contributed by atoms with van der Waals surface area (Å²) in [5, 5.41) is 2.68. The van der Waals surface area contributed by atoms with Gasteiger partial charge in [0.1, 0.15) is 6.10 Å². The number of nitrogens with two attached hydrogens (primary N) is 1. The van der Waals surface area contributed by atoms with Crippen molar-refractivity contribution in [2.24, 2.45) is 0 Å². The predicted octanol–water partition coefficient (Wildman–Crippen LogP) is 4.60. The second kappa shape index (κ2) is 10.4. The SMILES string of the molecule is CCCCCCC(C)OC(=O)Nc1ccc(N)cc1.Cl. The Labute approximate surface area is 127 Å². The van der Waals surface area contributed by atoms with Crippen molar-refractivity contribution >= 4 is 29.9 Å². The minimum Gasteiger partial charge on any atom is -0.446 e. The fourth-order valence-corrected chi connectivity index (χ4v) is 1.81. The van der Waals surface area contributed by atoms with Crippen LogP contribution in [0.3, 0.4) is 0 Å². The number of rotatable bonds is 7. The Hall–Kier alpha value is -1.42. The number of benzene rings is 1. The van der Waals surface area contributed by atoms with Gasteiger partial charge >= 0.3 is 6.09 Å². The molecule has 5 heteroatoms. The van der Waals surface area contributed by atoms with Gasteiger partial charge in [0.05, 0.1) is 0 Å². The molecule has 0 fully saturated rings. The number of hydrogen-bond donors (Lipinski definition) is 2. The fraction of sp³-hybridized carbons (Fsp3) is 0.533. The van der Waals surface area contributed by atoms with Crippen LogP contribution in [0.5, 0.6) is 0 Å². The molecule has 0 saturated carbocycles. The lowest BCUT2D eigenvalue weighted by Gasteiger charge is -2.13. The first-order valence-corrected chi connectivity index (χ1v) is 6.95. The number of amides is 1. The lowest BCUT2D eigenvalue weighted by atomic mass is 10.1. The summed E-state index contributed by atoms with van der Waals surface area (Å²) in [6, 6.07) is 6.98. The number of hydrogen-bond acceptors (Lipinski definition) is 3. The average molecular weight is 301 g/mol. The molecule has 0 aliphatic rings. The Kier molecular flexibility index (Phi) is 9.64. The van der Waals surface area contributed by atoms with Crippen LogP contribution in [0.4, 0.5) is 16.2 Å². The van der Waals surface area contributed by atoms with Gasteiger partial charge in [-0.1, -0.05) is 26.2 Å². The minimum absolute atomic E-state index is 0. The van der Waals surface area contributed by atoms with Crippen molar-refractivity contribution in [3.05, 3.63) is 24.3 Å². The fourth-order valence-electron chi connectivity index (χ4n) is 1.81. The molecule has 3 N–H and O–H groups in total. The number of anilines is 2. The van der Waals surface area contributed by atoms with Crippen LogP contribution in [0.25, 0.3) is 0 Å². The molecule has 1 amide bonds. The zero-order valence-corrected chi connectivity index (χ0v) is 13.0.